The molecular weight excluding hydrogens is 184 g/mol. The van der Waals surface area contributed by atoms with Gasteiger partial charge in [0.05, 0.1) is 7.11 Å². The second-order valence-corrected chi connectivity index (χ2v) is 3.43. The Morgan fingerprint density at radius 1 is 1.23 bits per heavy atom. The standard InChI is InChI=1S/C11H13ClO/c1-8(9(2)12)10-6-4-5-7-11(10)13-3/h4-7H,1-3H3. The lowest BCUT2D eigenvalue weighted by Crippen LogP contribution is -1.89. The quantitative estimate of drug-likeness (QED) is 0.701. The number of rotatable bonds is 2. The fraction of sp³-hybridized carbons (Fsp3) is 0.273. The van der Waals surface area contributed by atoms with Crippen molar-refractivity contribution in [3.63, 3.8) is 0 Å². The molecular formula is C11H13ClO. The molecule has 0 unspecified atom stereocenters. The minimum absolute atomic E-state index is 0.796. The van der Waals surface area contributed by atoms with E-state index in [4.69, 9.17) is 16.3 Å². The molecule has 2 heteroatoms. The van der Waals surface area contributed by atoms with Gasteiger partial charge in [-0.15, -0.1) is 0 Å². The molecule has 0 radical (unpaired) electrons. The third-order valence-electron chi connectivity index (χ3n) is 2.03. The Bertz CT molecular complexity index is 325. The van der Waals surface area contributed by atoms with E-state index in [2.05, 4.69) is 0 Å². The molecule has 0 spiro atoms. The van der Waals surface area contributed by atoms with Crippen molar-refractivity contribution in [3.8, 4) is 5.75 Å². The van der Waals surface area contributed by atoms with E-state index in [-0.39, 0.29) is 0 Å². The summed E-state index contributed by atoms with van der Waals surface area (Å²) in [5.74, 6) is 0.861. The molecule has 0 N–H and O–H groups in total. The molecule has 0 saturated heterocycles. The number of allylic oxidation sites excluding steroid dienone is 2. The molecule has 13 heavy (non-hydrogen) atoms. The third kappa shape index (κ3) is 2.25. The zero-order valence-electron chi connectivity index (χ0n) is 8.10. The van der Waals surface area contributed by atoms with Crippen LogP contribution in [-0.2, 0) is 0 Å². The molecule has 0 fully saturated rings. The van der Waals surface area contributed by atoms with Crippen molar-refractivity contribution in [3.05, 3.63) is 34.9 Å². The van der Waals surface area contributed by atoms with Gasteiger partial charge in [-0.25, -0.2) is 0 Å². The molecule has 70 valence electrons. The zero-order valence-corrected chi connectivity index (χ0v) is 8.85. The van der Waals surface area contributed by atoms with Gasteiger partial charge in [-0.1, -0.05) is 29.8 Å². The lowest BCUT2D eigenvalue weighted by molar-refractivity contribution is 0.413. The number of halogens is 1. The Hall–Kier alpha value is -0.950. The monoisotopic (exact) mass is 196 g/mol. The van der Waals surface area contributed by atoms with E-state index in [1.807, 2.05) is 38.1 Å². The van der Waals surface area contributed by atoms with Crippen LogP contribution in [0.4, 0.5) is 0 Å². The summed E-state index contributed by atoms with van der Waals surface area (Å²) in [5, 5.41) is 0.796. The second kappa shape index (κ2) is 4.33. The zero-order chi connectivity index (χ0) is 9.84. The largest absolute Gasteiger partial charge is 0.496 e. The van der Waals surface area contributed by atoms with Crippen molar-refractivity contribution in [1.29, 1.82) is 0 Å². The van der Waals surface area contributed by atoms with Crippen molar-refractivity contribution in [2.75, 3.05) is 7.11 Å². The summed E-state index contributed by atoms with van der Waals surface area (Å²) in [6.45, 7) is 3.86. The van der Waals surface area contributed by atoms with Crippen LogP contribution in [0.5, 0.6) is 5.75 Å². The van der Waals surface area contributed by atoms with Gasteiger partial charge in [0.25, 0.3) is 0 Å². The first-order chi connectivity index (χ1) is 6.16. The molecule has 1 nitrogen and oxygen atoms in total. The van der Waals surface area contributed by atoms with E-state index < -0.39 is 0 Å². The Balaban J connectivity index is 3.21. The highest BCUT2D eigenvalue weighted by molar-refractivity contribution is 6.32. The van der Waals surface area contributed by atoms with Crippen LogP contribution >= 0.6 is 11.6 Å². The summed E-state index contributed by atoms with van der Waals surface area (Å²) >= 11 is 5.92. The van der Waals surface area contributed by atoms with E-state index >= 15 is 0 Å². The van der Waals surface area contributed by atoms with E-state index in [9.17, 15) is 0 Å². The SMILES string of the molecule is COc1ccccc1C(C)=C(C)Cl. The Morgan fingerprint density at radius 3 is 2.38 bits per heavy atom. The normalized spacial score (nSPS) is 12.3. The Kier molecular flexibility index (Phi) is 3.38. The van der Waals surface area contributed by atoms with Gasteiger partial charge < -0.3 is 4.74 Å². The second-order valence-electron chi connectivity index (χ2n) is 2.86. The van der Waals surface area contributed by atoms with Gasteiger partial charge in [-0.3, -0.25) is 0 Å². The van der Waals surface area contributed by atoms with Crippen molar-refractivity contribution in [2.45, 2.75) is 13.8 Å². The molecule has 1 aromatic rings. The summed E-state index contributed by atoms with van der Waals surface area (Å²) in [4.78, 5) is 0. The molecule has 0 bridgehead atoms. The molecule has 0 aromatic heterocycles. The lowest BCUT2D eigenvalue weighted by Gasteiger charge is -2.08. The molecule has 0 atom stereocenters. The molecule has 0 amide bonds. The van der Waals surface area contributed by atoms with Gasteiger partial charge >= 0.3 is 0 Å². The van der Waals surface area contributed by atoms with Crippen LogP contribution in [-0.4, -0.2) is 7.11 Å². The molecule has 0 saturated carbocycles. The first-order valence-electron chi connectivity index (χ1n) is 4.13. The van der Waals surface area contributed by atoms with Crippen molar-refractivity contribution in [2.24, 2.45) is 0 Å². The number of ether oxygens (including phenoxy) is 1. The smallest absolute Gasteiger partial charge is 0.126 e. The van der Waals surface area contributed by atoms with Gasteiger partial charge in [0.2, 0.25) is 0 Å². The summed E-state index contributed by atoms with van der Waals surface area (Å²) in [6.07, 6.45) is 0. The number of para-hydroxylation sites is 1. The maximum absolute atomic E-state index is 5.92. The number of hydrogen-bond acceptors (Lipinski definition) is 1. The van der Waals surface area contributed by atoms with E-state index in [0.717, 1.165) is 21.9 Å². The van der Waals surface area contributed by atoms with Crippen LogP contribution in [0.25, 0.3) is 5.57 Å². The van der Waals surface area contributed by atoms with Crippen molar-refractivity contribution >= 4 is 17.2 Å². The van der Waals surface area contributed by atoms with Gasteiger partial charge in [0.1, 0.15) is 5.75 Å². The highest BCUT2D eigenvalue weighted by atomic mass is 35.5. The molecule has 0 heterocycles. The summed E-state index contributed by atoms with van der Waals surface area (Å²) in [7, 11) is 1.66. The predicted molar refractivity (Wildman–Crippen MR) is 57.1 cm³/mol. The Morgan fingerprint density at radius 2 is 1.85 bits per heavy atom. The molecule has 0 aliphatic carbocycles. The average molecular weight is 197 g/mol. The fourth-order valence-corrected chi connectivity index (χ4v) is 1.24. The van der Waals surface area contributed by atoms with E-state index in [0.29, 0.717) is 0 Å². The summed E-state index contributed by atoms with van der Waals surface area (Å²) in [6, 6.07) is 7.85. The Labute approximate surface area is 84.0 Å². The fourth-order valence-electron chi connectivity index (χ4n) is 1.14. The topological polar surface area (TPSA) is 9.23 Å². The van der Waals surface area contributed by atoms with Gasteiger partial charge in [0.15, 0.2) is 0 Å². The van der Waals surface area contributed by atoms with Gasteiger partial charge in [-0.05, 0) is 25.5 Å². The number of methoxy groups -OCH3 is 1. The first kappa shape index (κ1) is 10.1. The minimum atomic E-state index is 0.796. The summed E-state index contributed by atoms with van der Waals surface area (Å²) in [5.41, 5.74) is 2.11. The van der Waals surface area contributed by atoms with Crippen LogP contribution in [0.1, 0.15) is 19.4 Å². The van der Waals surface area contributed by atoms with Crippen molar-refractivity contribution < 1.29 is 4.74 Å². The van der Waals surface area contributed by atoms with Gasteiger partial charge in [-0.2, -0.15) is 0 Å². The molecule has 0 aliphatic rings. The maximum Gasteiger partial charge on any atom is 0.126 e. The predicted octanol–water partition coefficient (Wildman–Crippen LogP) is 3.68. The van der Waals surface area contributed by atoms with Gasteiger partial charge in [0, 0.05) is 10.6 Å². The van der Waals surface area contributed by atoms with E-state index in [1.54, 1.807) is 7.11 Å². The van der Waals surface area contributed by atoms with Crippen LogP contribution in [0.2, 0.25) is 0 Å². The van der Waals surface area contributed by atoms with Crippen LogP contribution in [0, 0.1) is 0 Å². The van der Waals surface area contributed by atoms with Crippen LogP contribution < -0.4 is 4.74 Å². The maximum atomic E-state index is 5.92. The van der Waals surface area contributed by atoms with Crippen molar-refractivity contribution in [1.82, 2.24) is 0 Å². The minimum Gasteiger partial charge on any atom is -0.496 e. The lowest BCUT2D eigenvalue weighted by atomic mass is 10.1. The first-order valence-corrected chi connectivity index (χ1v) is 4.51. The number of benzene rings is 1. The van der Waals surface area contributed by atoms with Crippen LogP contribution in [0.3, 0.4) is 0 Å². The highest BCUT2D eigenvalue weighted by Gasteiger charge is 2.04. The van der Waals surface area contributed by atoms with E-state index in [1.165, 1.54) is 0 Å². The molecule has 0 aliphatic heterocycles. The van der Waals surface area contributed by atoms with Crippen LogP contribution in [0.15, 0.2) is 29.3 Å². The summed E-state index contributed by atoms with van der Waals surface area (Å²) < 4.78 is 5.22. The highest BCUT2D eigenvalue weighted by Crippen LogP contribution is 2.28. The third-order valence-corrected chi connectivity index (χ3v) is 2.31. The number of hydrogen-bond donors (Lipinski definition) is 0. The molecule has 1 rings (SSSR count). The average Bonchev–Trinajstić information content (AvgIpc) is 2.16. The molecule has 1 aromatic carbocycles.